The number of nitrogens with zero attached hydrogens (tertiary/aromatic N) is 3. The van der Waals surface area contributed by atoms with Crippen LogP contribution < -0.4 is 5.32 Å². The van der Waals surface area contributed by atoms with Gasteiger partial charge in [0.15, 0.2) is 15.6 Å². The number of carbonyl (C=O) groups is 2. The molecule has 1 N–H and O–H groups in total. The van der Waals surface area contributed by atoms with Crippen molar-refractivity contribution in [3.8, 4) is 11.6 Å². The number of rotatable bonds is 9. The molecule has 1 aliphatic carbocycles. The van der Waals surface area contributed by atoms with Gasteiger partial charge in [0.2, 0.25) is 11.7 Å². The topological polar surface area (TPSA) is 99.2 Å². The van der Waals surface area contributed by atoms with Gasteiger partial charge in [-0.2, -0.15) is 0 Å². The largest absolute Gasteiger partial charge is 0.462 e. The van der Waals surface area contributed by atoms with Crippen molar-refractivity contribution >= 4 is 55.9 Å². The second-order valence-electron chi connectivity index (χ2n) is 7.92. The summed E-state index contributed by atoms with van der Waals surface area (Å²) in [5.74, 6) is 1.18. The van der Waals surface area contributed by atoms with Gasteiger partial charge in [-0.25, -0.2) is 4.79 Å². The van der Waals surface area contributed by atoms with Crippen molar-refractivity contribution in [3.63, 3.8) is 0 Å². The maximum absolute atomic E-state index is 12.9. The fourth-order valence-electron chi connectivity index (χ4n) is 3.86. The third-order valence-electron chi connectivity index (χ3n) is 5.40. The van der Waals surface area contributed by atoms with Crippen LogP contribution in [-0.4, -0.2) is 39.0 Å². The Balaban J connectivity index is 1.50. The molecule has 8 nitrogen and oxygen atoms in total. The minimum atomic E-state index is -0.377. The monoisotopic (exact) mass is 564 g/mol. The van der Waals surface area contributed by atoms with Crippen LogP contribution in [0.5, 0.6) is 0 Å². The van der Waals surface area contributed by atoms with Crippen molar-refractivity contribution in [2.45, 2.75) is 44.8 Å². The number of carbonyl (C=O) groups excluding carboxylic acids is 2. The third-order valence-corrected chi connectivity index (χ3v) is 7.96. The lowest BCUT2D eigenvalue weighted by Crippen LogP contribution is -2.18. The normalized spacial score (nSPS) is 15.1. The Morgan fingerprint density at radius 3 is 2.97 bits per heavy atom. The number of thioether (sulfide) groups is 1. The Morgan fingerprint density at radius 1 is 1.44 bits per heavy atom. The first-order chi connectivity index (χ1) is 16.4. The van der Waals surface area contributed by atoms with Crippen LogP contribution >= 0.6 is 39.0 Å². The van der Waals surface area contributed by atoms with Crippen LogP contribution in [0.3, 0.4) is 0 Å². The Kier molecular flexibility index (Phi) is 7.95. The standard InChI is InChI=1S/C23H25BrN4O4S2/c1-4-10-28-20(15-8-9-17(24)32-15)26-27-23(28)33-12-18(29)25-21-19(22(30)31-5-2)14-7-6-13(3)11-16(14)34-21/h4,8-9,13H,1,5-7,10-12H2,2-3H3,(H,25,29). The van der Waals surface area contributed by atoms with Gasteiger partial charge in [-0.05, 0) is 65.7 Å². The molecular formula is C23H25BrN4O4S2. The van der Waals surface area contributed by atoms with Gasteiger partial charge in [-0.15, -0.1) is 28.1 Å². The molecule has 180 valence electrons. The van der Waals surface area contributed by atoms with E-state index in [9.17, 15) is 9.59 Å². The molecule has 1 unspecified atom stereocenters. The zero-order valence-electron chi connectivity index (χ0n) is 18.9. The number of furan rings is 1. The van der Waals surface area contributed by atoms with Crippen LogP contribution in [0.25, 0.3) is 11.6 Å². The van der Waals surface area contributed by atoms with Crippen LogP contribution in [-0.2, 0) is 28.9 Å². The van der Waals surface area contributed by atoms with Crippen molar-refractivity contribution in [1.82, 2.24) is 14.8 Å². The molecule has 34 heavy (non-hydrogen) atoms. The average molecular weight is 566 g/mol. The average Bonchev–Trinajstić information content (AvgIpc) is 3.49. The maximum Gasteiger partial charge on any atom is 0.341 e. The number of hydrogen-bond donors (Lipinski definition) is 1. The summed E-state index contributed by atoms with van der Waals surface area (Å²) >= 11 is 6.04. The van der Waals surface area contributed by atoms with Crippen molar-refractivity contribution in [1.29, 1.82) is 0 Å². The molecule has 0 spiro atoms. The fraction of sp³-hybridized carbons (Fsp3) is 0.391. The van der Waals surface area contributed by atoms with Gasteiger partial charge >= 0.3 is 5.97 Å². The van der Waals surface area contributed by atoms with Crippen LogP contribution in [0.4, 0.5) is 5.00 Å². The first kappa shape index (κ1) is 24.7. The van der Waals surface area contributed by atoms with Gasteiger partial charge in [0, 0.05) is 11.4 Å². The summed E-state index contributed by atoms with van der Waals surface area (Å²) in [6.45, 7) is 8.54. The highest BCUT2D eigenvalue weighted by Crippen LogP contribution is 2.40. The van der Waals surface area contributed by atoms with E-state index in [2.05, 4.69) is 44.9 Å². The molecule has 1 atom stereocenters. The van der Waals surface area contributed by atoms with Crippen molar-refractivity contribution in [2.24, 2.45) is 5.92 Å². The van der Waals surface area contributed by atoms with E-state index in [1.54, 1.807) is 25.1 Å². The molecular weight excluding hydrogens is 540 g/mol. The molecule has 11 heteroatoms. The van der Waals surface area contributed by atoms with E-state index < -0.39 is 0 Å². The molecule has 0 saturated heterocycles. The Hall–Kier alpha value is -2.37. The second-order valence-corrected chi connectivity index (χ2v) is 10.8. The molecule has 1 aliphatic rings. The number of anilines is 1. The molecule has 0 bridgehead atoms. The summed E-state index contributed by atoms with van der Waals surface area (Å²) < 4.78 is 13.3. The molecule has 4 rings (SSSR count). The number of amides is 1. The molecule has 0 aromatic carbocycles. The smallest absolute Gasteiger partial charge is 0.341 e. The number of nitrogens with one attached hydrogen (secondary N) is 1. The van der Waals surface area contributed by atoms with E-state index >= 15 is 0 Å². The van der Waals surface area contributed by atoms with Crippen LogP contribution in [0.2, 0.25) is 0 Å². The van der Waals surface area contributed by atoms with Gasteiger partial charge in [-0.1, -0.05) is 24.8 Å². The molecule has 3 heterocycles. The number of esters is 1. The molecule has 0 saturated carbocycles. The fourth-order valence-corrected chi connectivity index (χ4v) is 6.33. The number of aromatic nitrogens is 3. The summed E-state index contributed by atoms with van der Waals surface area (Å²) in [7, 11) is 0. The first-order valence-corrected chi connectivity index (χ1v) is 13.5. The predicted octanol–water partition coefficient (Wildman–Crippen LogP) is 5.58. The SMILES string of the molecule is C=CCn1c(SCC(=O)Nc2sc3c(c2C(=O)OCC)CCC(C)C3)nnc1-c1ccc(Br)o1. The minimum absolute atomic E-state index is 0.109. The van der Waals surface area contributed by atoms with Crippen molar-refractivity contribution in [3.05, 3.63) is 45.5 Å². The van der Waals surface area contributed by atoms with Crippen molar-refractivity contribution in [2.75, 3.05) is 17.7 Å². The lowest BCUT2D eigenvalue weighted by Gasteiger charge is -2.18. The van der Waals surface area contributed by atoms with Crippen LogP contribution in [0, 0.1) is 5.92 Å². The highest BCUT2D eigenvalue weighted by atomic mass is 79.9. The molecule has 3 aromatic heterocycles. The summed E-state index contributed by atoms with van der Waals surface area (Å²) in [5, 5.41) is 12.5. The van der Waals surface area contributed by atoms with Crippen LogP contribution in [0.1, 0.15) is 41.1 Å². The van der Waals surface area contributed by atoms with Gasteiger partial charge in [0.25, 0.3) is 0 Å². The van der Waals surface area contributed by atoms with E-state index in [-0.39, 0.29) is 24.2 Å². The van der Waals surface area contributed by atoms with Gasteiger partial charge in [0.05, 0.1) is 17.9 Å². The Morgan fingerprint density at radius 2 is 2.26 bits per heavy atom. The number of thiophene rings is 1. The zero-order valence-corrected chi connectivity index (χ0v) is 22.1. The predicted molar refractivity (Wildman–Crippen MR) is 136 cm³/mol. The molecule has 0 radical (unpaired) electrons. The number of ether oxygens (including phenoxy) is 1. The minimum Gasteiger partial charge on any atom is -0.462 e. The zero-order chi connectivity index (χ0) is 24.2. The van der Waals surface area contributed by atoms with E-state index in [0.717, 1.165) is 29.7 Å². The van der Waals surface area contributed by atoms with E-state index in [1.807, 2.05) is 4.57 Å². The molecule has 0 aliphatic heterocycles. The summed E-state index contributed by atoms with van der Waals surface area (Å²) in [6.07, 6.45) is 4.49. The number of halogens is 1. The summed E-state index contributed by atoms with van der Waals surface area (Å²) in [5.41, 5.74) is 1.53. The third kappa shape index (κ3) is 5.31. The van der Waals surface area contributed by atoms with E-state index in [4.69, 9.17) is 9.15 Å². The van der Waals surface area contributed by atoms with E-state index in [1.165, 1.54) is 23.1 Å². The molecule has 0 fully saturated rings. The molecule has 3 aromatic rings. The van der Waals surface area contributed by atoms with Crippen LogP contribution in [0.15, 0.2) is 39.0 Å². The van der Waals surface area contributed by atoms with E-state index in [0.29, 0.717) is 44.4 Å². The number of hydrogen-bond acceptors (Lipinski definition) is 8. The first-order valence-electron chi connectivity index (χ1n) is 10.9. The lowest BCUT2D eigenvalue weighted by molar-refractivity contribution is -0.113. The Labute approximate surface area is 214 Å². The quantitative estimate of drug-likeness (QED) is 0.205. The van der Waals surface area contributed by atoms with Crippen molar-refractivity contribution < 1.29 is 18.7 Å². The van der Waals surface area contributed by atoms with Gasteiger partial charge in [-0.3, -0.25) is 9.36 Å². The summed E-state index contributed by atoms with van der Waals surface area (Å²) in [6, 6.07) is 3.58. The second kappa shape index (κ2) is 10.9. The molecule has 1 amide bonds. The van der Waals surface area contributed by atoms with Gasteiger partial charge in [0.1, 0.15) is 5.00 Å². The lowest BCUT2D eigenvalue weighted by atomic mass is 9.88. The number of fused-ring (bicyclic) bond motifs is 1. The van der Waals surface area contributed by atoms with Gasteiger partial charge < -0.3 is 14.5 Å². The highest BCUT2D eigenvalue weighted by Gasteiger charge is 2.29. The Bertz CT molecular complexity index is 1220. The summed E-state index contributed by atoms with van der Waals surface area (Å²) in [4.78, 5) is 26.7. The maximum atomic E-state index is 12.9. The highest BCUT2D eigenvalue weighted by molar-refractivity contribution is 9.10. The number of allylic oxidation sites excluding steroid dienone is 1.